The highest BCUT2D eigenvalue weighted by atomic mass is 35.5. The molecule has 136 valence electrons. The SMILES string of the molecule is Cl.O=C(Nc1ccc(O)cc1)Nc1[nH]nc2ncc(-c3cccnc3)nc12. The van der Waals surface area contributed by atoms with Gasteiger partial charge in [0.1, 0.15) is 5.75 Å². The van der Waals surface area contributed by atoms with Gasteiger partial charge in [-0.2, -0.15) is 5.10 Å². The van der Waals surface area contributed by atoms with Gasteiger partial charge in [0.25, 0.3) is 0 Å². The quantitative estimate of drug-likeness (QED) is 0.402. The van der Waals surface area contributed by atoms with Crippen molar-refractivity contribution < 1.29 is 9.90 Å². The molecule has 2 amide bonds. The second-order valence-corrected chi connectivity index (χ2v) is 5.39. The van der Waals surface area contributed by atoms with E-state index in [-0.39, 0.29) is 18.2 Å². The van der Waals surface area contributed by atoms with Crippen molar-refractivity contribution in [2.45, 2.75) is 0 Å². The summed E-state index contributed by atoms with van der Waals surface area (Å²) in [7, 11) is 0. The van der Waals surface area contributed by atoms with Crippen LogP contribution in [-0.4, -0.2) is 36.3 Å². The molecule has 3 aromatic heterocycles. The zero-order valence-electron chi connectivity index (χ0n) is 13.7. The lowest BCUT2D eigenvalue weighted by atomic mass is 10.2. The molecule has 10 heteroatoms. The van der Waals surface area contributed by atoms with Gasteiger partial charge in [-0.15, -0.1) is 12.4 Å². The van der Waals surface area contributed by atoms with Crippen LogP contribution >= 0.6 is 12.4 Å². The Bertz CT molecular complexity index is 1070. The summed E-state index contributed by atoms with van der Waals surface area (Å²) in [6, 6.07) is 9.32. The molecule has 4 N–H and O–H groups in total. The van der Waals surface area contributed by atoms with E-state index in [1.54, 1.807) is 36.8 Å². The normalized spacial score (nSPS) is 10.2. The Labute approximate surface area is 159 Å². The molecule has 0 saturated heterocycles. The van der Waals surface area contributed by atoms with Crippen LogP contribution in [0.4, 0.5) is 16.3 Å². The van der Waals surface area contributed by atoms with Crippen LogP contribution in [0.25, 0.3) is 22.4 Å². The van der Waals surface area contributed by atoms with Gasteiger partial charge < -0.3 is 10.4 Å². The number of phenolic OH excluding ortho intramolecular Hbond substituents is 1. The molecule has 0 bridgehead atoms. The number of fused-ring (bicyclic) bond motifs is 1. The van der Waals surface area contributed by atoms with Gasteiger partial charge in [-0.3, -0.25) is 15.4 Å². The van der Waals surface area contributed by atoms with Crippen molar-refractivity contribution >= 4 is 41.1 Å². The van der Waals surface area contributed by atoms with E-state index < -0.39 is 6.03 Å². The van der Waals surface area contributed by atoms with Crippen molar-refractivity contribution in [3.63, 3.8) is 0 Å². The predicted molar refractivity (Wildman–Crippen MR) is 103 cm³/mol. The number of benzene rings is 1. The molecule has 1 aromatic carbocycles. The maximum Gasteiger partial charge on any atom is 0.324 e. The van der Waals surface area contributed by atoms with Crippen LogP contribution in [0.2, 0.25) is 0 Å². The first-order valence-electron chi connectivity index (χ1n) is 7.67. The van der Waals surface area contributed by atoms with E-state index in [2.05, 4.69) is 35.8 Å². The topological polar surface area (TPSA) is 129 Å². The molecule has 0 radical (unpaired) electrons. The Morgan fingerprint density at radius 3 is 2.63 bits per heavy atom. The first-order valence-corrected chi connectivity index (χ1v) is 7.67. The minimum Gasteiger partial charge on any atom is -0.508 e. The summed E-state index contributed by atoms with van der Waals surface area (Å²) >= 11 is 0. The summed E-state index contributed by atoms with van der Waals surface area (Å²) < 4.78 is 0. The highest BCUT2D eigenvalue weighted by Crippen LogP contribution is 2.22. The Morgan fingerprint density at radius 2 is 1.89 bits per heavy atom. The van der Waals surface area contributed by atoms with Gasteiger partial charge in [0.2, 0.25) is 5.65 Å². The van der Waals surface area contributed by atoms with Gasteiger partial charge in [0, 0.05) is 23.6 Å². The van der Waals surface area contributed by atoms with Crippen LogP contribution in [0.5, 0.6) is 5.75 Å². The Morgan fingerprint density at radius 1 is 1.07 bits per heavy atom. The second kappa shape index (κ2) is 7.67. The fourth-order valence-electron chi connectivity index (χ4n) is 2.36. The van der Waals surface area contributed by atoms with E-state index >= 15 is 0 Å². The third-order valence-corrected chi connectivity index (χ3v) is 3.58. The Kier molecular flexibility index (Phi) is 5.13. The van der Waals surface area contributed by atoms with E-state index in [1.165, 1.54) is 12.1 Å². The summed E-state index contributed by atoms with van der Waals surface area (Å²) in [5.41, 5.74) is 2.78. The molecule has 0 unspecified atom stereocenters. The molecule has 0 aliphatic heterocycles. The molecule has 0 aliphatic rings. The highest BCUT2D eigenvalue weighted by Gasteiger charge is 2.13. The van der Waals surface area contributed by atoms with E-state index in [4.69, 9.17) is 0 Å². The predicted octanol–water partition coefficient (Wildman–Crippen LogP) is 3.19. The zero-order chi connectivity index (χ0) is 17.9. The van der Waals surface area contributed by atoms with E-state index in [1.807, 2.05) is 6.07 Å². The molecule has 0 saturated carbocycles. The van der Waals surface area contributed by atoms with Gasteiger partial charge in [-0.1, -0.05) is 0 Å². The number of pyridine rings is 1. The molecule has 0 atom stereocenters. The number of hydrogen-bond acceptors (Lipinski definition) is 6. The average Bonchev–Trinajstić information content (AvgIpc) is 3.06. The summed E-state index contributed by atoms with van der Waals surface area (Å²) in [6.07, 6.45) is 4.95. The van der Waals surface area contributed by atoms with E-state index in [9.17, 15) is 9.90 Å². The molecule has 0 fully saturated rings. The van der Waals surface area contributed by atoms with Gasteiger partial charge in [0.15, 0.2) is 11.3 Å². The Balaban J connectivity index is 0.00000210. The molecule has 9 nitrogen and oxygen atoms in total. The van der Waals surface area contributed by atoms with Crippen molar-refractivity contribution in [1.29, 1.82) is 0 Å². The number of halogens is 1. The van der Waals surface area contributed by atoms with Crippen molar-refractivity contribution in [2.75, 3.05) is 10.6 Å². The summed E-state index contributed by atoms with van der Waals surface area (Å²) in [5, 5.41) is 21.3. The lowest BCUT2D eigenvalue weighted by Gasteiger charge is -2.06. The minimum absolute atomic E-state index is 0. The molecule has 4 aromatic rings. The number of urea groups is 1. The smallest absolute Gasteiger partial charge is 0.324 e. The van der Waals surface area contributed by atoms with Gasteiger partial charge in [-0.25, -0.2) is 14.8 Å². The summed E-state index contributed by atoms with van der Waals surface area (Å²) in [4.78, 5) is 25.0. The average molecular weight is 384 g/mol. The number of anilines is 2. The fourth-order valence-corrected chi connectivity index (χ4v) is 2.36. The van der Waals surface area contributed by atoms with E-state index in [0.29, 0.717) is 28.4 Å². The molecule has 27 heavy (non-hydrogen) atoms. The molecule has 4 rings (SSSR count). The van der Waals surface area contributed by atoms with Crippen LogP contribution in [0, 0.1) is 0 Å². The van der Waals surface area contributed by atoms with Crippen molar-refractivity contribution in [3.8, 4) is 17.0 Å². The first kappa shape index (κ1) is 18.1. The van der Waals surface area contributed by atoms with Gasteiger partial charge in [0.05, 0.1) is 11.9 Å². The number of rotatable bonds is 3. The number of phenols is 1. The molecular formula is C17H14ClN7O2. The third kappa shape index (κ3) is 3.93. The number of aromatic hydroxyl groups is 1. The lowest BCUT2D eigenvalue weighted by Crippen LogP contribution is -2.19. The summed E-state index contributed by atoms with van der Waals surface area (Å²) in [5.74, 6) is 0.447. The maximum atomic E-state index is 12.2. The number of hydrogen-bond donors (Lipinski definition) is 4. The Hall–Kier alpha value is -3.72. The highest BCUT2D eigenvalue weighted by molar-refractivity contribution is 6.03. The van der Waals surface area contributed by atoms with Crippen molar-refractivity contribution in [2.24, 2.45) is 0 Å². The molecule has 0 aliphatic carbocycles. The molecule has 3 heterocycles. The maximum absolute atomic E-state index is 12.2. The zero-order valence-corrected chi connectivity index (χ0v) is 14.6. The number of carbonyl (C=O) groups excluding carboxylic acids is 1. The fraction of sp³-hybridized carbons (Fsp3) is 0. The van der Waals surface area contributed by atoms with E-state index in [0.717, 1.165) is 5.56 Å². The number of nitrogens with one attached hydrogen (secondary N) is 3. The van der Waals surface area contributed by atoms with Crippen LogP contribution in [-0.2, 0) is 0 Å². The third-order valence-electron chi connectivity index (χ3n) is 3.58. The largest absolute Gasteiger partial charge is 0.508 e. The number of amides is 2. The lowest BCUT2D eigenvalue weighted by molar-refractivity contribution is 0.262. The number of nitrogens with zero attached hydrogens (tertiary/aromatic N) is 4. The molecule has 0 spiro atoms. The van der Waals surface area contributed by atoms with Gasteiger partial charge >= 0.3 is 6.03 Å². The monoisotopic (exact) mass is 383 g/mol. The molecular weight excluding hydrogens is 370 g/mol. The second-order valence-electron chi connectivity index (χ2n) is 5.39. The number of aromatic nitrogens is 5. The van der Waals surface area contributed by atoms with Gasteiger partial charge in [-0.05, 0) is 36.4 Å². The number of H-pyrrole nitrogens is 1. The summed E-state index contributed by atoms with van der Waals surface area (Å²) in [6.45, 7) is 0. The van der Waals surface area contributed by atoms with Crippen LogP contribution in [0.15, 0.2) is 55.0 Å². The van der Waals surface area contributed by atoms with Crippen LogP contribution in [0.1, 0.15) is 0 Å². The van der Waals surface area contributed by atoms with Crippen LogP contribution < -0.4 is 10.6 Å². The van der Waals surface area contributed by atoms with Crippen molar-refractivity contribution in [3.05, 3.63) is 55.0 Å². The minimum atomic E-state index is -0.477. The number of carbonyl (C=O) groups is 1. The standard InChI is InChI=1S/C17H13N7O2.ClH/c25-12-5-3-11(4-6-12)20-17(26)22-16-14-15(23-24-16)19-9-13(21-14)10-2-1-7-18-8-10;/h1-9,25H,(H3,19,20,22,23,24,26);1H. The first-order chi connectivity index (χ1) is 12.7. The van der Waals surface area contributed by atoms with Crippen LogP contribution in [0.3, 0.4) is 0 Å². The van der Waals surface area contributed by atoms with Crippen molar-refractivity contribution in [1.82, 2.24) is 25.1 Å². The number of aromatic amines is 1.